The summed E-state index contributed by atoms with van der Waals surface area (Å²) in [7, 11) is 0. The van der Waals surface area contributed by atoms with Crippen molar-refractivity contribution < 1.29 is 18.8 Å². The molecule has 2 aromatic carbocycles. The molecule has 2 unspecified atom stereocenters. The minimum absolute atomic E-state index is 0.156. The van der Waals surface area contributed by atoms with Gasteiger partial charge >= 0.3 is 5.97 Å². The largest absolute Gasteiger partial charge is 0.452 e. The van der Waals surface area contributed by atoms with E-state index in [4.69, 9.17) is 27.9 Å². The first kappa shape index (κ1) is 23.6. The van der Waals surface area contributed by atoms with E-state index in [0.717, 1.165) is 42.6 Å². The first-order valence-corrected chi connectivity index (χ1v) is 13.2. The Kier molecular flexibility index (Phi) is 6.81. The topological polar surface area (TPSA) is 43.4 Å². The van der Waals surface area contributed by atoms with Crippen LogP contribution >= 0.6 is 34.5 Å². The van der Waals surface area contributed by atoms with Gasteiger partial charge in [0.1, 0.15) is 12.5 Å². The van der Waals surface area contributed by atoms with Gasteiger partial charge in [0.05, 0.1) is 19.6 Å². The summed E-state index contributed by atoms with van der Waals surface area (Å²) in [6.07, 6.45) is 1.26. The number of esters is 1. The molecule has 3 saturated heterocycles. The summed E-state index contributed by atoms with van der Waals surface area (Å²) >= 11 is 14.1. The summed E-state index contributed by atoms with van der Waals surface area (Å²) in [5.74, 6) is 0.00880. The Morgan fingerprint density at radius 3 is 2.44 bits per heavy atom. The average Bonchev–Trinajstić information content (AvgIpc) is 3.39. The Balaban J connectivity index is 1.37. The van der Waals surface area contributed by atoms with E-state index < -0.39 is 6.10 Å². The van der Waals surface area contributed by atoms with Crippen molar-refractivity contribution in [1.82, 2.24) is 0 Å². The molecule has 3 aliphatic heterocycles. The van der Waals surface area contributed by atoms with Crippen molar-refractivity contribution in [3.8, 4) is 0 Å². The number of hydrogen-bond donors (Lipinski definition) is 0. The summed E-state index contributed by atoms with van der Waals surface area (Å²) in [5, 5.41) is 5.01. The van der Waals surface area contributed by atoms with Gasteiger partial charge in [0.2, 0.25) is 5.78 Å². The Labute approximate surface area is 213 Å². The third kappa shape index (κ3) is 4.80. The van der Waals surface area contributed by atoms with Crippen LogP contribution in [0.2, 0.25) is 10.0 Å². The van der Waals surface area contributed by atoms with Crippen LogP contribution in [0.5, 0.6) is 0 Å². The number of rotatable bonds is 7. The van der Waals surface area contributed by atoms with Crippen molar-refractivity contribution >= 4 is 46.3 Å². The Hall–Kier alpha value is -2.18. The number of Topliss-reactive ketones (excluding diaryl/α,β-unsaturated/α-hetero) is 1. The van der Waals surface area contributed by atoms with E-state index in [0.29, 0.717) is 33.5 Å². The summed E-state index contributed by atoms with van der Waals surface area (Å²) in [4.78, 5) is 26.5. The van der Waals surface area contributed by atoms with Gasteiger partial charge in [-0.15, -0.1) is 0 Å². The van der Waals surface area contributed by atoms with Gasteiger partial charge in [0.15, 0.2) is 6.10 Å². The molecule has 0 amide bonds. The number of benzene rings is 2. The van der Waals surface area contributed by atoms with Gasteiger partial charge in [-0.2, -0.15) is 11.3 Å². The first-order chi connectivity index (χ1) is 16.4. The molecule has 0 saturated carbocycles. The van der Waals surface area contributed by atoms with Crippen LogP contribution in [-0.2, 0) is 9.53 Å². The zero-order valence-corrected chi connectivity index (χ0v) is 21.0. The second-order valence-electron chi connectivity index (χ2n) is 9.40. The van der Waals surface area contributed by atoms with Crippen LogP contribution < -0.4 is 0 Å². The van der Waals surface area contributed by atoms with E-state index in [1.165, 1.54) is 11.3 Å². The lowest BCUT2D eigenvalue weighted by Crippen LogP contribution is -2.64. The number of thiophene rings is 1. The van der Waals surface area contributed by atoms with Crippen LogP contribution in [0, 0.1) is 11.8 Å². The molecule has 2 atom stereocenters. The van der Waals surface area contributed by atoms with Crippen LogP contribution in [0.25, 0.3) is 0 Å². The molecule has 0 N–H and O–H groups in total. The van der Waals surface area contributed by atoms with Crippen molar-refractivity contribution in [2.45, 2.75) is 18.9 Å². The highest BCUT2D eigenvalue weighted by Gasteiger charge is 2.50. The number of piperidine rings is 3. The van der Waals surface area contributed by atoms with Gasteiger partial charge in [-0.05, 0) is 41.1 Å². The Morgan fingerprint density at radius 2 is 1.76 bits per heavy atom. The molecular weight excluding hydrogens is 489 g/mol. The molecular formula is C27H26Cl2NO3S+. The predicted octanol–water partition coefficient (Wildman–Crippen LogP) is 6.43. The van der Waals surface area contributed by atoms with Gasteiger partial charge < -0.3 is 9.22 Å². The van der Waals surface area contributed by atoms with E-state index in [-0.39, 0.29) is 17.7 Å². The molecule has 0 spiro atoms. The SMILES string of the molecule is O=C(C[N+]12CCC(CC1)C(C(=O)OC(c1ccc(Cl)cc1)c1ccccc1Cl)C2)c1ccsc1. The van der Waals surface area contributed by atoms with Gasteiger partial charge in [-0.1, -0.05) is 53.5 Å². The maximum atomic E-state index is 13.6. The van der Waals surface area contributed by atoms with Gasteiger partial charge in [0.25, 0.3) is 0 Å². The lowest BCUT2D eigenvalue weighted by atomic mass is 9.76. The van der Waals surface area contributed by atoms with Crippen molar-refractivity contribution in [2.24, 2.45) is 11.8 Å². The first-order valence-electron chi connectivity index (χ1n) is 11.5. The molecule has 7 heteroatoms. The van der Waals surface area contributed by atoms with Gasteiger partial charge in [0, 0.05) is 39.4 Å². The number of carbonyl (C=O) groups excluding carboxylic acids is 2. The molecule has 1 aromatic heterocycles. The molecule has 0 radical (unpaired) electrons. The third-order valence-corrected chi connectivity index (χ3v) is 8.60. The van der Waals surface area contributed by atoms with Crippen LogP contribution in [0.4, 0.5) is 0 Å². The van der Waals surface area contributed by atoms with Crippen molar-refractivity contribution in [1.29, 1.82) is 0 Å². The number of halogens is 2. The Morgan fingerprint density at radius 1 is 1.03 bits per heavy atom. The molecule has 3 aliphatic rings. The number of hydrogen-bond acceptors (Lipinski definition) is 4. The molecule has 6 rings (SSSR count). The van der Waals surface area contributed by atoms with E-state index in [2.05, 4.69) is 0 Å². The number of ether oxygens (including phenoxy) is 1. The van der Waals surface area contributed by atoms with Crippen molar-refractivity contribution in [3.63, 3.8) is 0 Å². The third-order valence-electron chi connectivity index (χ3n) is 7.32. The maximum Gasteiger partial charge on any atom is 0.315 e. The fraction of sp³-hybridized carbons (Fsp3) is 0.333. The molecule has 34 heavy (non-hydrogen) atoms. The van der Waals surface area contributed by atoms with Crippen molar-refractivity contribution in [2.75, 3.05) is 26.2 Å². The van der Waals surface area contributed by atoms with E-state index in [9.17, 15) is 9.59 Å². The molecule has 4 nitrogen and oxygen atoms in total. The van der Waals surface area contributed by atoms with Crippen molar-refractivity contribution in [3.05, 3.63) is 92.1 Å². The fourth-order valence-electron chi connectivity index (χ4n) is 5.44. The normalized spacial score (nSPS) is 24.5. The minimum atomic E-state index is -0.616. The van der Waals surface area contributed by atoms with Crippen LogP contribution in [-0.4, -0.2) is 42.4 Å². The number of fused-ring (bicyclic) bond motifs is 3. The fourth-order valence-corrected chi connectivity index (χ4v) is 6.46. The molecule has 0 aliphatic carbocycles. The lowest BCUT2D eigenvalue weighted by Gasteiger charge is -2.51. The number of ketones is 1. The average molecular weight is 515 g/mol. The van der Waals surface area contributed by atoms with Crippen LogP contribution in [0.3, 0.4) is 0 Å². The van der Waals surface area contributed by atoms with Crippen LogP contribution in [0.15, 0.2) is 65.4 Å². The molecule has 176 valence electrons. The number of nitrogens with zero attached hydrogens (tertiary/aromatic N) is 1. The highest BCUT2D eigenvalue weighted by Crippen LogP contribution is 2.40. The highest BCUT2D eigenvalue weighted by molar-refractivity contribution is 7.08. The highest BCUT2D eigenvalue weighted by atomic mass is 35.5. The monoisotopic (exact) mass is 514 g/mol. The second-order valence-corrected chi connectivity index (χ2v) is 11.0. The standard InChI is InChI=1S/C27H26Cl2NO3S/c28-21-7-5-19(6-8-21)26(22-3-1-2-4-24(22)29)33-27(32)23-15-30(12-9-18(23)10-13-30)16-25(31)20-11-14-34-17-20/h1-8,11,14,17-18,23,26H,9-10,12-13,15-16H2/q+1. The summed E-state index contributed by atoms with van der Waals surface area (Å²) in [5.41, 5.74) is 2.34. The van der Waals surface area contributed by atoms with E-state index >= 15 is 0 Å². The predicted molar refractivity (Wildman–Crippen MR) is 135 cm³/mol. The number of quaternary nitrogens is 1. The summed E-state index contributed by atoms with van der Waals surface area (Å²) < 4.78 is 6.87. The lowest BCUT2D eigenvalue weighted by molar-refractivity contribution is -0.938. The maximum absolute atomic E-state index is 13.6. The molecule has 4 heterocycles. The quantitative estimate of drug-likeness (QED) is 0.207. The van der Waals surface area contributed by atoms with E-state index in [1.807, 2.05) is 47.2 Å². The summed E-state index contributed by atoms with van der Waals surface area (Å²) in [6, 6.07) is 16.6. The van der Waals surface area contributed by atoms with E-state index in [1.54, 1.807) is 18.2 Å². The second kappa shape index (κ2) is 9.82. The molecule has 3 aromatic rings. The zero-order valence-electron chi connectivity index (χ0n) is 18.7. The van der Waals surface area contributed by atoms with Gasteiger partial charge in [-0.3, -0.25) is 9.59 Å². The van der Waals surface area contributed by atoms with Gasteiger partial charge in [-0.25, -0.2) is 0 Å². The minimum Gasteiger partial charge on any atom is -0.452 e. The zero-order chi connectivity index (χ0) is 23.7. The Bertz CT molecular complexity index is 1170. The van der Waals surface area contributed by atoms with Crippen LogP contribution in [0.1, 0.15) is 40.4 Å². The molecule has 3 fully saturated rings. The smallest absolute Gasteiger partial charge is 0.315 e. The number of carbonyl (C=O) groups is 2. The molecule has 2 bridgehead atoms. The summed E-state index contributed by atoms with van der Waals surface area (Å²) in [6.45, 7) is 2.97.